The minimum Gasteiger partial charge on any atom is -0.476 e. The van der Waals surface area contributed by atoms with E-state index in [4.69, 9.17) is 10.2 Å². The van der Waals surface area contributed by atoms with Gasteiger partial charge >= 0.3 is 17.9 Å². The van der Waals surface area contributed by atoms with Crippen LogP contribution < -0.4 is 9.64 Å². The lowest BCUT2D eigenvalue weighted by Gasteiger charge is -2.28. The molecule has 1 aromatic carbocycles. The zero-order valence-electron chi connectivity index (χ0n) is 14.9. The Morgan fingerprint density at radius 1 is 1.25 bits per heavy atom. The summed E-state index contributed by atoms with van der Waals surface area (Å²) in [4.78, 5) is 12.5. The molecular weight excluding hydrogens is 447 g/mol. The number of alkyl halides is 3. The number of anilines is 1. The second-order valence-corrected chi connectivity index (χ2v) is 6.84. The zero-order valence-corrected chi connectivity index (χ0v) is 16.5. The molecule has 0 bridgehead atoms. The second-order valence-electron chi connectivity index (χ2n) is 5.92. The van der Waals surface area contributed by atoms with Crippen LogP contribution in [0.5, 0.6) is 5.75 Å². The van der Waals surface area contributed by atoms with Crippen molar-refractivity contribution < 1.29 is 32.9 Å². The van der Waals surface area contributed by atoms with Gasteiger partial charge in [0.25, 0.3) is 0 Å². The SMILES string of the molecule is CCN(Cc1cc(Br)ccc1OC(F)(F)C(C)(O)F)c1ccc(C(=O)O)nn1. The van der Waals surface area contributed by atoms with Crippen LogP contribution in [0.1, 0.15) is 29.9 Å². The van der Waals surface area contributed by atoms with Gasteiger partial charge in [-0.2, -0.15) is 8.78 Å². The molecule has 0 saturated heterocycles. The molecule has 152 valence electrons. The monoisotopic (exact) mass is 463 g/mol. The van der Waals surface area contributed by atoms with Crippen molar-refractivity contribution in [2.45, 2.75) is 32.4 Å². The summed E-state index contributed by atoms with van der Waals surface area (Å²) >= 11 is 3.23. The molecule has 0 aliphatic carbocycles. The van der Waals surface area contributed by atoms with Crippen molar-refractivity contribution in [1.82, 2.24) is 10.2 Å². The van der Waals surface area contributed by atoms with Crippen molar-refractivity contribution in [3.63, 3.8) is 0 Å². The van der Waals surface area contributed by atoms with E-state index >= 15 is 0 Å². The normalized spacial score (nSPS) is 13.7. The number of nitrogens with zero attached hydrogens (tertiary/aromatic N) is 3. The molecule has 1 heterocycles. The molecule has 0 fully saturated rings. The maximum absolute atomic E-state index is 13.8. The van der Waals surface area contributed by atoms with Gasteiger partial charge in [0.05, 0.1) is 0 Å². The van der Waals surface area contributed by atoms with E-state index in [-0.39, 0.29) is 23.6 Å². The second kappa shape index (κ2) is 8.31. The Hall–Kier alpha value is -2.40. The summed E-state index contributed by atoms with van der Waals surface area (Å²) in [6.07, 6.45) is -4.48. The number of hydrogen-bond donors (Lipinski definition) is 2. The summed E-state index contributed by atoms with van der Waals surface area (Å²) < 4.78 is 46.0. The summed E-state index contributed by atoms with van der Waals surface area (Å²) in [6.45, 7) is 2.47. The van der Waals surface area contributed by atoms with Crippen LogP contribution in [0.15, 0.2) is 34.8 Å². The molecule has 0 spiro atoms. The summed E-state index contributed by atoms with van der Waals surface area (Å²) in [6, 6.07) is 6.84. The van der Waals surface area contributed by atoms with E-state index in [1.165, 1.54) is 30.3 Å². The molecule has 0 aliphatic rings. The van der Waals surface area contributed by atoms with Gasteiger partial charge in [0, 0.05) is 30.0 Å². The highest BCUT2D eigenvalue weighted by molar-refractivity contribution is 9.10. The zero-order chi connectivity index (χ0) is 21.1. The first-order chi connectivity index (χ1) is 12.9. The molecule has 2 aromatic rings. The largest absolute Gasteiger partial charge is 0.476 e. The molecule has 28 heavy (non-hydrogen) atoms. The fourth-order valence-corrected chi connectivity index (χ4v) is 2.58. The number of carboxylic acid groups (broad SMARTS) is 1. The van der Waals surface area contributed by atoms with Crippen molar-refractivity contribution in [1.29, 1.82) is 0 Å². The van der Waals surface area contributed by atoms with Crippen LogP contribution in [-0.4, -0.2) is 44.9 Å². The summed E-state index contributed by atoms with van der Waals surface area (Å²) in [5, 5.41) is 25.3. The van der Waals surface area contributed by atoms with Gasteiger partial charge in [-0.25, -0.2) is 9.18 Å². The lowest BCUT2D eigenvalue weighted by molar-refractivity contribution is -0.330. The number of aliphatic hydroxyl groups is 1. The minimum absolute atomic E-state index is 0.0247. The van der Waals surface area contributed by atoms with Crippen molar-refractivity contribution in [3.05, 3.63) is 46.1 Å². The number of rotatable bonds is 8. The van der Waals surface area contributed by atoms with Crippen LogP contribution in [0, 0.1) is 0 Å². The van der Waals surface area contributed by atoms with Crippen molar-refractivity contribution in [2.24, 2.45) is 0 Å². The molecule has 0 saturated carbocycles. The van der Waals surface area contributed by atoms with E-state index < -0.39 is 17.9 Å². The van der Waals surface area contributed by atoms with Gasteiger partial charge < -0.3 is 19.8 Å². The van der Waals surface area contributed by atoms with E-state index in [0.717, 1.165) is 0 Å². The lowest BCUT2D eigenvalue weighted by atomic mass is 10.1. The van der Waals surface area contributed by atoms with Crippen LogP contribution in [0.2, 0.25) is 0 Å². The molecule has 2 rings (SSSR count). The summed E-state index contributed by atoms with van der Waals surface area (Å²) in [5.74, 6) is -5.13. The van der Waals surface area contributed by atoms with Crippen LogP contribution in [0.25, 0.3) is 0 Å². The predicted octanol–water partition coefficient (Wildman–Crippen LogP) is 3.61. The topological polar surface area (TPSA) is 95.8 Å². The molecule has 2 N–H and O–H groups in total. The van der Waals surface area contributed by atoms with Crippen LogP contribution >= 0.6 is 15.9 Å². The van der Waals surface area contributed by atoms with Crippen LogP contribution in [0.4, 0.5) is 19.0 Å². The van der Waals surface area contributed by atoms with Gasteiger partial charge in [0.1, 0.15) is 5.75 Å². The molecule has 1 aromatic heterocycles. The fourth-order valence-electron chi connectivity index (χ4n) is 2.17. The van der Waals surface area contributed by atoms with Crippen molar-refractivity contribution >= 4 is 27.7 Å². The highest BCUT2D eigenvalue weighted by Crippen LogP contribution is 2.35. The quantitative estimate of drug-likeness (QED) is 0.617. The highest BCUT2D eigenvalue weighted by Gasteiger charge is 2.53. The van der Waals surface area contributed by atoms with E-state index in [1.807, 2.05) is 0 Å². The average molecular weight is 464 g/mol. The Morgan fingerprint density at radius 2 is 1.93 bits per heavy atom. The Bertz CT molecular complexity index is 845. The van der Waals surface area contributed by atoms with Gasteiger partial charge in [-0.15, -0.1) is 10.2 Å². The molecule has 0 amide bonds. The van der Waals surface area contributed by atoms with Gasteiger partial charge in [0.2, 0.25) is 0 Å². The number of aromatic nitrogens is 2. The first-order valence-electron chi connectivity index (χ1n) is 8.03. The summed E-state index contributed by atoms with van der Waals surface area (Å²) in [5.41, 5.74) is 0.0142. The lowest BCUT2D eigenvalue weighted by Crippen LogP contribution is -2.46. The van der Waals surface area contributed by atoms with E-state index in [9.17, 15) is 18.0 Å². The Balaban J connectivity index is 2.33. The Kier molecular flexibility index (Phi) is 6.50. The van der Waals surface area contributed by atoms with E-state index in [1.54, 1.807) is 11.8 Å². The first kappa shape index (κ1) is 21.9. The summed E-state index contributed by atoms with van der Waals surface area (Å²) in [7, 11) is 0. The van der Waals surface area contributed by atoms with Gasteiger partial charge in [0.15, 0.2) is 11.5 Å². The molecule has 11 heteroatoms. The smallest absolute Gasteiger partial charge is 0.458 e. The number of hydrogen-bond acceptors (Lipinski definition) is 6. The molecule has 1 unspecified atom stereocenters. The number of aromatic carboxylic acids is 1. The third kappa shape index (κ3) is 5.10. The Labute approximate surface area is 166 Å². The number of benzene rings is 1. The molecular formula is C17H17BrF3N3O4. The van der Waals surface area contributed by atoms with Crippen LogP contribution in [-0.2, 0) is 6.54 Å². The van der Waals surface area contributed by atoms with Gasteiger partial charge in [-0.1, -0.05) is 15.9 Å². The van der Waals surface area contributed by atoms with Gasteiger partial charge in [-0.3, -0.25) is 0 Å². The van der Waals surface area contributed by atoms with Crippen LogP contribution in [0.3, 0.4) is 0 Å². The highest BCUT2D eigenvalue weighted by atomic mass is 79.9. The average Bonchev–Trinajstić information content (AvgIpc) is 2.60. The number of ether oxygens (including phenoxy) is 1. The third-order valence-corrected chi connectivity index (χ3v) is 4.22. The van der Waals surface area contributed by atoms with Gasteiger partial charge in [-0.05, 0) is 37.3 Å². The maximum atomic E-state index is 13.8. The van der Waals surface area contributed by atoms with Crippen molar-refractivity contribution in [2.75, 3.05) is 11.4 Å². The fraction of sp³-hybridized carbons (Fsp3) is 0.353. The molecule has 0 radical (unpaired) electrons. The standard InChI is InChI=1S/C17H17BrF3N3O4/c1-3-24(14-7-5-12(15(25)26)22-23-14)9-10-8-11(18)4-6-13(10)28-17(20,21)16(2,19)27/h4-8,27H,3,9H2,1-2H3,(H,25,26). The number of carboxylic acids is 1. The number of halogens is 4. The molecule has 7 nitrogen and oxygen atoms in total. The molecule has 0 aliphatic heterocycles. The maximum Gasteiger partial charge on any atom is 0.458 e. The Morgan fingerprint density at radius 3 is 2.43 bits per heavy atom. The number of carbonyl (C=O) groups is 1. The minimum atomic E-state index is -4.48. The predicted molar refractivity (Wildman–Crippen MR) is 97.2 cm³/mol. The third-order valence-electron chi connectivity index (χ3n) is 3.73. The van der Waals surface area contributed by atoms with E-state index in [0.29, 0.717) is 23.8 Å². The van der Waals surface area contributed by atoms with E-state index in [2.05, 4.69) is 30.9 Å². The first-order valence-corrected chi connectivity index (χ1v) is 8.82. The molecule has 1 atom stereocenters. The van der Waals surface area contributed by atoms with Crippen molar-refractivity contribution in [3.8, 4) is 5.75 Å².